The fourth-order valence-electron chi connectivity index (χ4n) is 3.32. The molecule has 6 nitrogen and oxygen atoms in total. The number of aryl methyl sites for hydroxylation is 2. The Morgan fingerprint density at radius 3 is 2.71 bits per heavy atom. The van der Waals surface area contributed by atoms with Crippen LogP contribution in [0.25, 0.3) is 11.0 Å². The number of anilines is 2. The third-order valence-electron chi connectivity index (χ3n) is 4.56. The lowest BCUT2D eigenvalue weighted by Crippen LogP contribution is -2.42. The highest BCUT2D eigenvalue weighted by molar-refractivity contribution is 5.76. The molecule has 4 rings (SSSR count). The quantitative estimate of drug-likeness (QED) is 0.803. The Kier molecular flexibility index (Phi) is 3.80. The summed E-state index contributed by atoms with van der Waals surface area (Å²) in [6.45, 7) is 4.05. The molecule has 1 unspecified atom stereocenters. The van der Waals surface area contributed by atoms with Crippen LogP contribution in [0.5, 0.6) is 0 Å². The molecule has 2 aromatic heterocycles. The molecule has 0 aliphatic carbocycles. The van der Waals surface area contributed by atoms with Gasteiger partial charge < -0.3 is 10.2 Å². The predicted molar refractivity (Wildman–Crippen MR) is 96.3 cm³/mol. The van der Waals surface area contributed by atoms with Crippen LogP contribution in [0.1, 0.15) is 18.5 Å². The summed E-state index contributed by atoms with van der Waals surface area (Å²) in [7, 11) is 1.96. The highest BCUT2D eigenvalue weighted by atomic mass is 15.3. The van der Waals surface area contributed by atoms with Gasteiger partial charge in [0.1, 0.15) is 5.82 Å². The van der Waals surface area contributed by atoms with Gasteiger partial charge in [-0.15, -0.1) is 0 Å². The lowest BCUT2D eigenvalue weighted by atomic mass is 10.1. The summed E-state index contributed by atoms with van der Waals surface area (Å²) in [4.78, 5) is 11.8. The molecular weight excluding hydrogens is 300 g/mol. The number of aromatic nitrogens is 4. The van der Waals surface area contributed by atoms with Crippen molar-refractivity contribution >= 4 is 22.5 Å². The van der Waals surface area contributed by atoms with Crippen molar-refractivity contribution in [3.63, 3.8) is 0 Å². The minimum Gasteiger partial charge on any atom is -0.367 e. The minimum atomic E-state index is 0.369. The van der Waals surface area contributed by atoms with Gasteiger partial charge in [-0.25, -0.2) is 9.97 Å². The Morgan fingerprint density at radius 1 is 1.17 bits per heavy atom. The van der Waals surface area contributed by atoms with E-state index in [4.69, 9.17) is 4.98 Å². The number of rotatable bonds is 3. The lowest BCUT2D eigenvalue weighted by molar-refractivity contribution is 0.528. The largest absolute Gasteiger partial charge is 0.367 e. The smallest absolute Gasteiger partial charge is 0.148 e. The molecule has 0 amide bonds. The van der Waals surface area contributed by atoms with Gasteiger partial charge in [0.25, 0.3) is 0 Å². The van der Waals surface area contributed by atoms with E-state index >= 15 is 0 Å². The molecule has 1 saturated heterocycles. The Bertz CT molecular complexity index is 856. The molecule has 1 fully saturated rings. The topological polar surface area (TPSA) is 58.9 Å². The molecule has 1 atom stereocenters. The van der Waals surface area contributed by atoms with Crippen molar-refractivity contribution in [3.8, 4) is 0 Å². The number of nitrogens with one attached hydrogen (secondary N) is 1. The zero-order valence-corrected chi connectivity index (χ0v) is 14.1. The van der Waals surface area contributed by atoms with Crippen LogP contribution < -0.4 is 10.2 Å². The molecule has 0 saturated carbocycles. The van der Waals surface area contributed by atoms with Crippen molar-refractivity contribution in [3.05, 3.63) is 42.4 Å². The fraction of sp³-hybridized carbons (Fsp3) is 0.389. The average molecular weight is 322 g/mol. The van der Waals surface area contributed by atoms with Crippen LogP contribution in [0.3, 0.4) is 0 Å². The third kappa shape index (κ3) is 2.91. The molecule has 6 heteroatoms. The van der Waals surface area contributed by atoms with Crippen molar-refractivity contribution < 1.29 is 0 Å². The fourth-order valence-corrected chi connectivity index (χ4v) is 3.32. The van der Waals surface area contributed by atoms with Gasteiger partial charge in [-0.1, -0.05) is 12.1 Å². The van der Waals surface area contributed by atoms with Crippen LogP contribution in [0.15, 0.2) is 36.7 Å². The van der Waals surface area contributed by atoms with Crippen molar-refractivity contribution in [2.24, 2.45) is 7.05 Å². The summed E-state index contributed by atoms with van der Waals surface area (Å²) < 4.78 is 1.85. The molecule has 1 aromatic carbocycles. The van der Waals surface area contributed by atoms with Gasteiger partial charge in [-0.2, -0.15) is 5.10 Å². The number of benzene rings is 1. The summed E-state index contributed by atoms with van der Waals surface area (Å²) in [5.41, 5.74) is 4.02. The summed E-state index contributed by atoms with van der Waals surface area (Å²) in [6.07, 6.45) is 6.31. The first kappa shape index (κ1) is 14.9. The molecule has 0 radical (unpaired) electrons. The first-order valence-electron chi connectivity index (χ1n) is 8.42. The van der Waals surface area contributed by atoms with Crippen molar-refractivity contribution in [2.75, 3.05) is 23.3 Å². The molecule has 24 heavy (non-hydrogen) atoms. The highest BCUT2D eigenvalue weighted by Crippen LogP contribution is 2.23. The number of para-hydroxylation sites is 2. The van der Waals surface area contributed by atoms with E-state index in [2.05, 4.69) is 26.5 Å². The molecule has 1 N–H and O–H groups in total. The normalized spacial score (nSPS) is 18.1. The van der Waals surface area contributed by atoms with Gasteiger partial charge >= 0.3 is 0 Å². The van der Waals surface area contributed by atoms with Gasteiger partial charge in [0.2, 0.25) is 0 Å². The van der Waals surface area contributed by atoms with Gasteiger partial charge in [-0.05, 0) is 31.9 Å². The van der Waals surface area contributed by atoms with Crippen LogP contribution in [0.4, 0.5) is 11.5 Å². The van der Waals surface area contributed by atoms with E-state index in [1.165, 1.54) is 5.69 Å². The molecule has 0 bridgehead atoms. The second-order valence-corrected chi connectivity index (χ2v) is 6.45. The average Bonchev–Trinajstić information content (AvgIpc) is 3.02. The first-order valence-corrected chi connectivity index (χ1v) is 8.42. The van der Waals surface area contributed by atoms with Gasteiger partial charge in [0.05, 0.1) is 28.6 Å². The highest BCUT2D eigenvalue weighted by Gasteiger charge is 2.22. The van der Waals surface area contributed by atoms with Gasteiger partial charge in [0, 0.05) is 32.4 Å². The zero-order valence-electron chi connectivity index (χ0n) is 14.1. The maximum absolute atomic E-state index is 4.76. The maximum atomic E-state index is 4.76. The Labute approximate surface area is 141 Å². The van der Waals surface area contributed by atoms with E-state index in [0.717, 1.165) is 48.5 Å². The van der Waals surface area contributed by atoms with Gasteiger partial charge in [0.15, 0.2) is 0 Å². The molecular formula is C18H22N6. The second-order valence-electron chi connectivity index (χ2n) is 6.45. The molecule has 0 spiro atoms. The molecule has 1 aliphatic heterocycles. The third-order valence-corrected chi connectivity index (χ3v) is 4.56. The second kappa shape index (κ2) is 6.11. The standard InChI is InChI=1S/C18H22N6/c1-13-18(22-17-8-4-3-7-16(17)20-13)21-14-6-5-9-24(11-14)15-10-19-23(2)12-15/h3-4,7-8,10,12,14H,5-6,9,11H2,1-2H3,(H,21,22). The SMILES string of the molecule is Cc1nc2ccccc2nc1NC1CCCN(c2cnn(C)c2)C1. The number of piperidine rings is 1. The van der Waals surface area contributed by atoms with Crippen LogP contribution in [-0.2, 0) is 7.05 Å². The Balaban J connectivity index is 1.53. The number of fused-ring (bicyclic) bond motifs is 1. The lowest BCUT2D eigenvalue weighted by Gasteiger charge is -2.34. The summed E-state index contributed by atoms with van der Waals surface area (Å²) in [6, 6.07) is 8.38. The summed E-state index contributed by atoms with van der Waals surface area (Å²) in [5, 5.41) is 7.89. The van der Waals surface area contributed by atoms with E-state index in [0.29, 0.717) is 6.04 Å². The monoisotopic (exact) mass is 322 g/mol. The summed E-state index contributed by atoms with van der Waals surface area (Å²) >= 11 is 0. The predicted octanol–water partition coefficient (Wildman–Crippen LogP) is 2.75. The minimum absolute atomic E-state index is 0.369. The van der Waals surface area contributed by atoms with Crippen molar-refractivity contribution in [1.29, 1.82) is 0 Å². The van der Waals surface area contributed by atoms with Crippen LogP contribution in [0.2, 0.25) is 0 Å². The Morgan fingerprint density at radius 2 is 1.96 bits per heavy atom. The van der Waals surface area contributed by atoms with E-state index in [9.17, 15) is 0 Å². The van der Waals surface area contributed by atoms with E-state index in [-0.39, 0.29) is 0 Å². The maximum Gasteiger partial charge on any atom is 0.148 e. The Hall–Kier alpha value is -2.63. The number of nitrogens with zero attached hydrogens (tertiary/aromatic N) is 5. The molecule has 3 heterocycles. The van der Waals surface area contributed by atoms with E-state index in [1.807, 2.05) is 49.1 Å². The number of hydrogen-bond acceptors (Lipinski definition) is 5. The van der Waals surface area contributed by atoms with Crippen LogP contribution >= 0.6 is 0 Å². The molecule has 1 aliphatic rings. The molecule has 124 valence electrons. The number of hydrogen-bond donors (Lipinski definition) is 1. The van der Waals surface area contributed by atoms with Gasteiger partial charge in [-0.3, -0.25) is 4.68 Å². The summed E-state index contributed by atoms with van der Waals surface area (Å²) in [5.74, 6) is 0.895. The molecule has 3 aromatic rings. The van der Waals surface area contributed by atoms with Crippen molar-refractivity contribution in [1.82, 2.24) is 19.7 Å². The van der Waals surface area contributed by atoms with E-state index in [1.54, 1.807) is 0 Å². The zero-order chi connectivity index (χ0) is 16.5. The first-order chi connectivity index (χ1) is 11.7. The van der Waals surface area contributed by atoms with Crippen molar-refractivity contribution in [2.45, 2.75) is 25.8 Å². The van der Waals surface area contributed by atoms with E-state index < -0.39 is 0 Å². The van der Waals surface area contributed by atoms with Crippen LogP contribution in [0, 0.1) is 6.92 Å². The van der Waals surface area contributed by atoms with Crippen LogP contribution in [-0.4, -0.2) is 38.9 Å².